The second-order valence-electron chi connectivity index (χ2n) is 9.53. The topological polar surface area (TPSA) is 126 Å². The summed E-state index contributed by atoms with van der Waals surface area (Å²) < 4.78 is 65.2. The maximum Gasteiger partial charge on any atom is 0.390 e. The van der Waals surface area contributed by atoms with Gasteiger partial charge in [0.25, 0.3) is 0 Å². The lowest BCUT2D eigenvalue weighted by molar-refractivity contribution is -0.130. The average Bonchev–Trinajstić information content (AvgIpc) is 3.60. The van der Waals surface area contributed by atoms with Crippen molar-refractivity contribution in [3.8, 4) is 11.1 Å². The first-order valence-corrected chi connectivity index (χ1v) is 14.9. The minimum atomic E-state index is -4.74. The van der Waals surface area contributed by atoms with Gasteiger partial charge in [-0.05, 0) is 48.2 Å². The minimum Gasteiger partial charge on any atom is -0.352 e. The number of carbonyl (C=O) groups excluding carboxylic acids is 3. The number of rotatable bonds is 10. The monoisotopic (exact) mass is 596 g/mol. The molecule has 3 amide bonds. The lowest BCUT2D eigenvalue weighted by Crippen LogP contribution is -2.41. The molecule has 1 heterocycles. The van der Waals surface area contributed by atoms with E-state index in [9.17, 15) is 36.0 Å². The molecule has 1 unspecified atom stereocenters. The number of fused-ring (bicyclic) bond motifs is 1. The maximum atomic E-state index is 13.0. The number of nitrogens with zero attached hydrogens (tertiary/aromatic N) is 2. The molecule has 2 N–H and O–H groups in total. The highest BCUT2D eigenvalue weighted by atomic mass is 32.2. The number of amides is 3. The lowest BCUT2D eigenvalue weighted by Gasteiger charge is -2.16. The highest BCUT2D eigenvalue weighted by Crippen LogP contribution is 2.35. The van der Waals surface area contributed by atoms with Crippen LogP contribution in [-0.2, 0) is 24.2 Å². The van der Waals surface area contributed by atoms with E-state index in [4.69, 9.17) is 0 Å². The number of halogens is 3. The molecule has 4 rings (SSSR count). The van der Waals surface area contributed by atoms with Crippen LogP contribution in [0.1, 0.15) is 36.4 Å². The third-order valence-electron chi connectivity index (χ3n) is 6.32. The third-order valence-corrected chi connectivity index (χ3v) is 9.48. The summed E-state index contributed by atoms with van der Waals surface area (Å²) in [4.78, 5) is 42.4. The lowest BCUT2D eigenvalue weighted by atomic mass is 10.1. The first-order chi connectivity index (χ1) is 18.7. The quantitative estimate of drug-likeness (QED) is 0.367. The maximum absolute atomic E-state index is 13.0. The van der Waals surface area contributed by atoms with Crippen LogP contribution in [0.15, 0.2) is 42.5 Å². The molecule has 0 bridgehead atoms. The van der Waals surface area contributed by atoms with E-state index < -0.39 is 51.8 Å². The zero-order chi connectivity index (χ0) is 29.2. The molecular weight excluding hydrogens is 569 g/mol. The van der Waals surface area contributed by atoms with E-state index in [1.165, 1.54) is 11.8 Å². The molecule has 3 aromatic rings. The van der Waals surface area contributed by atoms with Gasteiger partial charge in [-0.3, -0.25) is 14.4 Å². The first kappa shape index (κ1) is 29.5. The molecule has 0 saturated heterocycles. The van der Waals surface area contributed by atoms with Crippen molar-refractivity contribution < 1.29 is 36.0 Å². The largest absolute Gasteiger partial charge is 0.390 e. The zero-order valence-corrected chi connectivity index (χ0v) is 23.3. The number of thiazole rings is 1. The summed E-state index contributed by atoms with van der Waals surface area (Å²) in [6.07, 6.45) is -4.75. The summed E-state index contributed by atoms with van der Waals surface area (Å²) in [7, 11) is -2.99. The second kappa shape index (κ2) is 11.5. The second-order valence-corrected chi connectivity index (χ2v) is 12.8. The number of nitrogens with one attached hydrogen (secondary N) is 2. The Balaban J connectivity index is 1.62. The fraction of sp³-hybridized carbons (Fsp3) is 0.385. The van der Waals surface area contributed by atoms with Crippen molar-refractivity contribution in [2.45, 2.75) is 43.7 Å². The van der Waals surface area contributed by atoms with Crippen LogP contribution in [0.4, 0.5) is 18.9 Å². The Bertz CT molecular complexity index is 1530. The molecular formula is C26H27F3N4O5S2. The molecule has 0 radical (unpaired) electrons. The van der Waals surface area contributed by atoms with Crippen LogP contribution in [0.5, 0.6) is 0 Å². The first-order valence-electron chi connectivity index (χ1n) is 12.3. The van der Waals surface area contributed by atoms with Crippen LogP contribution in [0.3, 0.4) is 0 Å². The Labute approximate surface area is 232 Å². The van der Waals surface area contributed by atoms with Gasteiger partial charge >= 0.3 is 6.18 Å². The predicted molar refractivity (Wildman–Crippen MR) is 146 cm³/mol. The molecule has 2 aromatic carbocycles. The summed E-state index contributed by atoms with van der Waals surface area (Å²) >= 11 is 0.884. The molecule has 40 heavy (non-hydrogen) atoms. The number of anilines is 1. The molecule has 1 atom stereocenters. The van der Waals surface area contributed by atoms with Crippen LogP contribution < -0.4 is 15.5 Å². The Kier molecular flexibility index (Phi) is 8.49. The van der Waals surface area contributed by atoms with Gasteiger partial charge in [-0.25, -0.2) is 13.4 Å². The van der Waals surface area contributed by atoms with E-state index >= 15 is 0 Å². The van der Waals surface area contributed by atoms with Gasteiger partial charge in [-0.1, -0.05) is 18.2 Å². The van der Waals surface area contributed by atoms with Gasteiger partial charge in [0.1, 0.15) is 5.01 Å². The summed E-state index contributed by atoms with van der Waals surface area (Å²) in [5.74, 6) is -3.06. The summed E-state index contributed by atoms with van der Waals surface area (Å²) in [6, 6.07) is 12.3. The predicted octanol–water partition coefficient (Wildman–Crippen LogP) is 3.75. The molecule has 0 aliphatic heterocycles. The molecule has 214 valence electrons. The number of alkyl halides is 3. The molecule has 1 saturated carbocycles. The van der Waals surface area contributed by atoms with Gasteiger partial charge in [-0.15, -0.1) is 11.3 Å². The van der Waals surface area contributed by atoms with E-state index in [1.54, 1.807) is 37.4 Å². The average molecular weight is 597 g/mol. The molecule has 1 aromatic heterocycles. The van der Waals surface area contributed by atoms with Crippen molar-refractivity contribution in [2.24, 2.45) is 0 Å². The molecule has 1 fully saturated rings. The van der Waals surface area contributed by atoms with E-state index in [1.807, 2.05) is 12.1 Å². The Hall–Kier alpha value is -3.52. The third kappa shape index (κ3) is 7.36. The highest BCUT2D eigenvalue weighted by Gasteiger charge is 2.40. The van der Waals surface area contributed by atoms with E-state index in [-0.39, 0.29) is 17.0 Å². The normalized spacial score (nSPS) is 14.5. The van der Waals surface area contributed by atoms with Crippen molar-refractivity contribution in [1.82, 2.24) is 15.6 Å². The van der Waals surface area contributed by atoms with Crippen molar-refractivity contribution in [3.63, 3.8) is 0 Å². The van der Waals surface area contributed by atoms with E-state index in [0.29, 0.717) is 15.9 Å². The minimum absolute atomic E-state index is 0.0143. The number of sulfone groups is 1. The van der Waals surface area contributed by atoms with Gasteiger partial charge in [0.15, 0.2) is 15.1 Å². The summed E-state index contributed by atoms with van der Waals surface area (Å²) in [6.45, 7) is 0.938. The molecule has 9 nitrogen and oxygen atoms in total. The SMILES string of the molecule is CC(=O)N(C)c1ccc(-c2ccc3nc(C(C(=O)NCC(=O)NC4CC4)S(=O)(=O)CCC(F)(F)F)sc3c2)cc1. The standard InChI is InChI=1S/C26H27F3N4O5S2/c1-15(34)33(2)19-8-3-16(4-9-19)17-5-10-20-21(13-17)39-25(32-20)23(40(37,38)12-11-26(27,28)29)24(36)30-14-22(35)31-18-6-7-18/h3-5,8-10,13,18,23H,6-7,11-12,14H2,1-2H3,(H,30,36)(H,31,35). The molecule has 0 spiro atoms. The number of hydrogen-bond donors (Lipinski definition) is 2. The van der Waals surface area contributed by atoms with Crippen LogP contribution in [0.2, 0.25) is 0 Å². The van der Waals surface area contributed by atoms with E-state index in [2.05, 4.69) is 15.6 Å². The van der Waals surface area contributed by atoms with Gasteiger partial charge in [0.2, 0.25) is 17.7 Å². The zero-order valence-electron chi connectivity index (χ0n) is 21.6. The van der Waals surface area contributed by atoms with Crippen molar-refractivity contribution in [3.05, 3.63) is 47.5 Å². The number of benzene rings is 2. The van der Waals surface area contributed by atoms with Crippen LogP contribution in [0, 0.1) is 0 Å². The molecule has 14 heteroatoms. The van der Waals surface area contributed by atoms with Crippen LogP contribution in [-0.4, -0.2) is 62.7 Å². The summed E-state index contributed by atoms with van der Waals surface area (Å²) in [5, 5.41) is 2.70. The Morgan fingerprint density at radius 3 is 2.35 bits per heavy atom. The van der Waals surface area contributed by atoms with Crippen LogP contribution in [0.25, 0.3) is 21.3 Å². The fourth-order valence-corrected chi connectivity index (χ4v) is 6.96. The van der Waals surface area contributed by atoms with Gasteiger partial charge in [0, 0.05) is 25.7 Å². The fourth-order valence-electron chi connectivity index (χ4n) is 3.86. The number of carbonyl (C=O) groups is 3. The molecule has 1 aliphatic rings. The summed E-state index contributed by atoms with van der Waals surface area (Å²) in [5.41, 5.74) is 2.61. The number of aromatic nitrogens is 1. The number of hydrogen-bond acceptors (Lipinski definition) is 7. The van der Waals surface area contributed by atoms with Crippen LogP contribution >= 0.6 is 11.3 Å². The van der Waals surface area contributed by atoms with Crippen molar-refractivity contribution in [1.29, 1.82) is 0 Å². The molecule has 1 aliphatic carbocycles. The van der Waals surface area contributed by atoms with Crippen molar-refractivity contribution >= 4 is 54.8 Å². The van der Waals surface area contributed by atoms with Crippen molar-refractivity contribution in [2.75, 3.05) is 24.2 Å². The van der Waals surface area contributed by atoms with Gasteiger partial charge in [-0.2, -0.15) is 13.2 Å². The van der Waals surface area contributed by atoms with Gasteiger partial charge in [0.05, 0.1) is 28.9 Å². The Morgan fingerprint density at radius 1 is 1.10 bits per heavy atom. The van der Waals surface area contributed by atoms with Gasteiger partial charge < -0.3 is 15.5 Å². The smallest absolute Gasteiger partial charge is 0.352 e. The Morgan fingerprint density at radius 2 is 1.75 bits per heavy atom. The van der Waals surface area contributed by atoms with E-state index in [0.717, 1.165) is 35.3 Å². The highest BCUT2D eigenvalue weighted by molar-refractivity contribution is 7.92.